The Morgan fingerprint density at radius 2 is 1.80 bits per heavy atom. The van der Waals surface area contributed by atoms with E-state index in [2.05, 4.69) is 22.9 Å². The van der Waals surface area contributed by atoms with E-state index in [1.54, 1.807) is 23.1 Å². The van der Waals surface area contributed by atoms with Crippen molar-refractivity contribution in [3.8, 4) is 5.75 Å². The van der Waals surface area contributed by atoms with Gasteiger partial charge in [-0.1, -0.05) is 65.5 Å². The van der Waals surface area contributed by atoms with Crippen molar-refractivity contribution in [3.05, 3.63) is 104 Å². The number of amides is 1. The maximum absolute atomic E-state index is 13.8. The number of nitrogens with zero attached hydrogens (tertiary/aromatic N) is 1. The van der Waals surface area contributed by atoms with Crippen molar-refractivity contribution in [3.63, 3.8) is 0 Å². The largest absolute Gasteiger partial charge is 0.494 e. The van der Waals surface area contributed by atoms with Gasteiger partial charge < -0.3 is 9.15 Å². The normalized spacial score (nSPS) is 15.0. The van der Waals surface area contributed by atoms with Crippen LogP contribution in [0.3, 0.4) is 0 Å². The van der Waals surface area contributed by atoms with Crippen LogP contribution in [0.15, 0.2) is 80.4 Å². The van der Waals surface area contributed by atoms with Crippen molar-refractivity contribution in [1.29, 1.82) is 0 Å². The molecule has 5 rings (SSSR count). The molecule has 1 atom stereocenters. The smallest absolute Gasteiger partial charge is 0.295 e. The summed E-state index contributed by atoms with van der Waals surface area (Å²) in [4.78, 5) is 29.1. The first-order valence-corrected chi connectivity index (χ1v) is 12.7. The molecule has 1 aliphatic rings. The Hall–Kier alpha value is -3.38. The summed E-state index contributed by atoms with van der Waals surface area (Å²) >= 11 is 3.44. The molecule has 3 aromatic carbocycles. The third kappa shape index (κ3) is 4.39. The molecule has 1 aromatic heterocycles. The fourth-order valence-corrected chi connectivity index (χ4v) is 4.91. The van der Waals surface area contributed by atoms with E-state index in [-0.39, 0.29) is 17.1 Å². The molecule has 178 valence electrons. The first kappa shape index (κ1) is 23.4. The molecule has 1 amide bonds. The highest BCUT2D eigenvalue weighted by Gasteiger charge is 2.43. The first-order valence-electron chi connectivity index (χ1n) is 11.9. The summed E-state index contributed by atoms with van der Waals surface area (Å²) in [6.07, 6.45) is 3.20. The third-order valence-electron chi connectivity index (χ3n) is 6.33. The van der Waals surface area contributed by atoms with Crippen molar-refractivity contribution in [2.24, 2.45) is 0 Å². The zero-order chi connectivity index (χ0) is 24.5. The van der Waals surface area contributed by atoms with Crippen LogP contribution in [0.2, 0.25) is 0 Å². The highest BCUT2D eigenvalue weighted by atomic mass is 79.9. The van der Waals surface area contributed by atoms with Gasteiger partial charge in [-0.2, -0.15) is 0 Å². The van der Waals surface area contributed by atoms with Gasteiger partial charge in [0.25, 0.3) is 5.91 Å². The SMILES string of the molecule is CCCCCOc1cccc(C2c3c(oc4ccc(Br)cc4c3=O)C(=O)N2c2ccc(C)cc2)c1. The number of benzene rings is 3. The number of anilines is 1. The third-order valence-corrected chi connectivity index (χ3v) is 6.83. The predicted octanol–water partition coefficient (Wildman–Crippen LogP) is 7.18. The minimum absolute atomic E-state index is 0.0877. The molecule has 1 aliphatic heterocycles. The quantitative estimate of drug-likeness (QED) is 0.237. The number of carbonyl (C=O) groups excluding carboxylic acids is 1. The van der Waals surface area contributed by atoms with Gasteiger partial charge in [0.05, 0.1) is 23.6 Å². The Bertz CT molecular complexity index is 1460. The van der Waals surface area contributed by atoms with Crippen LogP contribution >= 0.6 is 15.9 Å². The number of hydrogen-bond acceptors (Lipinski definition) is 4. The number of halogens is 1. The fourth-order valence-electron chi connectivity index (χ4n) is 4.55. The Labute approximate surface area is 212 Å². The van der Waals surface area contributed by atoms with E-state index in [9.17, 15) is 9.59 Å². The van der Waals surface area contributed by atoms with Crippen LogP contribution in [0.1, 0.15) is 59.5 Å². The molecule has 6 heteroatoms. The highest BCUT2D eigenvalue weighted by Crippen LogP contribution is 2.42. The molecule has 1 unspecified atom stereocenters. The Kier molecular flexibility index (Phi) is 6.48. The van der Waals surface area contributed by atoms with Gasteiger partial charge in [0, 0.05) is 10.2 Å². The minimum Gasteiger partial charge on any atom is -0.494 e. The molecule has 0 N–H and O–H groups in total. The number of ether oxygens (including phenoxy) is 1. The number of aryl methyl sites for hydroxylation is 1. The summed E-state index contributed by atoms with van der Waals surface area (Å²) in [6.45, 7) is 4.78. The molecule has 0 fully saturated rings. The zero-order valence-corrected chi connectivity index (χ0v) is 21.3. The van der Waals surface area contributed by atoms with Crippen molar-refractivity contribution < 1.29 is 13.9 Å². The molecule has 0 bridgehead atoms. The Morgan fingerprint density at radius 3 is 2.57 bits per heavy atom. The Morgan fingerprint density at radius 1 is 1.00 bits per heavy atom. The van der Waals surface area contributed by atoms with Crippen molar-refractivity contribution in [2.45, 2.75) is 39.2 Å². The average Bonchev–Trinajstić information content (AvgIpc) is 3.15. The summed E-state index contributed by atoms with van der Waals surface area (Å²) in [5.41, 5.74) is 3.13. The fraction of sp³-hybridized carbons (Fsp3) is 0.241. The minimum atomic E-state index is -0.626. The summed E-state index contributed by atoms with van der Waals surface area (Å²) in [5.74, 6) is 0.478. The second kappa shape index (κ2) is 9.70. The van der Waals surface area contributed by atoms with Gasteiger partial charge in [-0.15, -0.1) is 0 Å². The van der Waals surface area contributed by atoms with Crippen LogP contribution in [0.5, 0.6) is 5.75 Å². The van der Waals surface area contributed by atoms with E-state index >= 15 is 0 Å². The van der Waals surface area contributed by atoms with Crippen LogP contribution in [-0.2, 0) is 0 Å². The molecular weight excluding hydrogens is 506 g/mol. The van der Waals surface area contributed by atoms with Gasteiger partial charge in [-0.3, -0.25) is 14.5 Å². The number of fused-ring (bicyclic) bond motifs is 2. The van der Waals surface area contributed by atoms with Crippen molar-refractivity contribution in [2.75, 3.05) is 11.5 Å². The van der Waals surface area contributed by atoms with Crippen molar-refractivity contribution >= 4 is 38.5 Å². The van der Waals surface area contributed by atoms with Gasteiger partial charge in [-0.05, 0) is 61.4 Å². The standard InChI is InChI=1S/C29H26BrNO4/c1-3-4-5-15-34-22-8-6-7-19(16-22)26-25-27(32)23-17-20(30)11-14-24(23)35-28(25)29(33)31(26)21-12-9-18(2)10-13-21/h6-14,16-17,26H,3-5,15H2,1-2H3. The highest BCUT2D eigenvalue weighted by molar-refractivity contribution is 9.10. The lowest BCUT2D eigenvalue weighted by molar-refractivity contribution is 0.0971. The number of carbonyl (C=O) groups is 1. The molecule has 0 aliphatic carbocycles. The van der Waals surface area contributed by atoms with Crippen LogP contribution < -0.4 is 15.1 Å². The van der Waals surface area contributed by atoms with E-state index in [0.29, 0.717) is 28.8 Å². The van der Waals surface area contributed by atoms with E-state index in [1.807, 2.05) is 55.5 Å². The maximum atomic E-state index is 13.8. The number of rotatable bonds is 7. The van der Waals surface area contributed by atoms with Crippen molar-refractivity contribution in [1.82, 2.24) is 0 Å². The second-order valence-electron chi connectivity index (χ2n) is 8.86. The molecule has 5 nitrogen and oxygen atoms in total. The summed E-state index contributed by atoms with van der Waals surface area (Å²) in [5, 5.41) is 0.439. The molecule has 2 heterocycles. The number of unbranched alkanes of at least 4 members (excludes halogenated alkanes) is 2. The molecule has 0 radical (unpaired) electrons. The van der Waals surface area contributed by atoms with Gasteiger partial charge in [0.2, 0.25) is 5.76 Å². The van der Waals surface area contributed by atoms with E-state index < -0.39 is 6.04 Å². The molecule has 0 saturated heterocycles. The van der Waals surface area contributed by atoms with Gasteiger partial charge in [0.1, 0.15) is 11.3 Å². The summed E-state index contributed by atoms with van der Waals surface area (Å²) in [7, 11) is 0. The van der Waals surface area contributed by atoms with Crippen LogP contribution in [0, 0.1) is 6.92 Å². The lowest BCUT2D eigenvalue weighted by Crippen LogP contribution is -2.29. The van der Waals surface area contributed by atoms with Gasteiger partial charge in [0.15, 0.2) is 5.43 Å². The molecular formula is C29H26BrNO4. The molecule has 0 spiro atoms. The van der Waals surface area contributed by atoms with Crippen LogP contribution in [-0.4, -0.2) is 12.5 Å². The number of hydrogen-bond donors (Lipinski definition) is 0. The van der Waals surface area contributed by atoms with E-state index in [1.165, 1.54) is 0 Å². The molecule has 0 saturated carbocycles. The lowest BCUT2D eigenvalue weighted by atomic mass is 9.98. The summed E-state index contributed by atoms with van der Waals surface area (Å²) < 4.78 is 12.8. The second-order valence-corrected chi connectivity index (χ2v) is 9.77. The van der Waals surface area contributed by atoms with Crippen LogP contribution in [0.25, 0.3) is 11.0 Å². The average molecular weight is 532 g/mol. The summed E-state index contributed by atoms with van der Waals surface area (Å²) in [6, 6.07) is 20.0. The lowest BCUT2D eigenvalue weighted by Gasteiger charge is -2.25. The molecule has 35 heavy (non-hydrogen) atoms. The monoisotopic (exact) mass is 531 g/mol. The Balaban J connectivity index is 1.67. The van der Waals surface area contributed by atoms with Gasteiger partial charge in [-0.25, -0.2) is 0 Å². The van der Waals surface area contributed by atoms with E-state index in [0.717, 1.165) is 40.6 Å². The zero-order valence-electron chi connectivity index (χ0n) is 19.7. The first-order chi connectivity index (χ1) is 17.0. The van der Waals surface area contributed by atoms with Gasteiger partial charge >= 0.3 is 0 Å². The maximum Gasteiger partial charge on any atom is 0.295 e. The van der Waals surface area contributed by atoms with Crippen LogP contribution in [0.4, 0.5) is 5.69 Å². The van der Waals surface area contributed by atoms with E-state index in [4.69, 9.17) is 9.15 Å². The molecule has 4 aromatic rings. The predicted molar refractivity (Wildman–Crippen MR) is 141 cm³/mol. The topological polar surface area (TPSA) is 59.8 Å².